The topological polar surface area (TPSA) is 12.5 Å². The third-order valence-electron chi connectivity index (χ3n) is 7.69. The van der Waals surface area contributed by atoms with Gasteiger partial charge < -0.3 is 4.74 Å². The number of benzene rings is 2. The van der Waals surface area contributed by atoms with Crippen LogP contribution in [-0.2, 0) is 18.3 Å². The fourth-order valence-electron chi connectivity index (χ4n) is 6.39. The summed E-state index contributed by atoms with van der Waals surface area (Å²) in [6.07, 6.45) is 9.30. The van der Waals surface area contributed by atoms with Crippen LogP contribution >= 0.6 is 0 Å². The summed E-state index contributed by atoms with van der Waals surface area (Å²) >= 11 is 0. The lowest BCUT2D eigenvalue weighted by molar-refractivity contribution is -0.0106. The number of piperidine rings is 1. The molecule has 1 heterocycles. The number of methoxy groups -OCH3 is 1. The van der Waals surface area contributed by atoms with Gasteiger partial charge in [0, 0.05) is 18.0 Å². The molecule has 0 spiro atoms. The minimum atomic E-state index is 0.411. The Labute approximate surface area is 163 Å². The van der Waals surface area contributed by atoms with Gasteiger partial charge >= 0.3 is 0 Å². The predicted molar refractivity (Wildman–Crippen MR) is 110 cm³/mol. The molecule has 0 aromatic heterocycles. The Balaban J connectivity index is 1.45. The maximum absolute atomic E-state index is 5.59. The highest BCUT2D eigenvalue weighted by Crippen LogP contribution is 2.56. The Bertz CT molecular complexity index is 801. The highest BCUT2D eigenvalue weighted by molar-refractivity contribution is 5.45. The summed E-state index contributed by atoms with van der Waals surface area (Å²) in [6, 6.07) is 18.6. The molecule has 2 aromatic rings. The molecule has 0 unspecified atom stereocenters. The lowest BCUT2D eigenvalue weighted by Crippen LogP contribution is -2.61. The summed E-state index contributed by atoms with van der Waals surface area (Å²) in [5.74, 6) is 1.87. The van der Waals surface area contributed by atoms with Crippen LogP contribution in [0.25, 0.3) is 0 Å². The first-order valence-corrected chi connectivity index (χ1v) is 10.8. The zero-order valence-corrected chi connectivity index (χ0v) is 16.5. The molecule has 5 rings (SSSR count). The zero-order valence-electron chi connectivity index (χ0n) is 16.5. The smallest absolute Gasteiger partial charge is 0.119 e. The lowest BCUT2D eigenvalue weighted by Gasteiger charge is -2.59. The normalized spacial score (nSPS) is 29.7. The molecular weight excluding hydrogens is 330 g/mol. The lowest BCUT2D eigenvalue weighted by atomic mass is 9.52. The summed E-state index contributed by atoms with van der Waals surface area (Å²) < 4.78 is 5.59. The van der Waals surface area contributed by atoms with Crippen molar-refractivity contribution in [2.24, 2.45) is 5.92 Å². The number of ether oxygens (including phenoxy) is 1. The summed E-state index contributed by atoms with van der Waals surface area (Å²) in [4.78, 5) is 2.83. The van der Waals surface area contributed by atoms with E-state index in [4.69, 9.17) is 4.74 Å². The van der Waals surface area contributed by atoms with Gasteiger partial charge in [-0.15, -0.1) is 0 Å². The van der Waals surface area contributed by atoms with E-state index in [0.717, 1.165) is 17.7 Å². The van der Waals surface area contributed by atoms with Gasteiger partial charge in [0.1, 0.15) is 5.75 Å². The second-order valence-corrected chi connectivity index (χ2v) is 8.82. The molecule has 1 saturated heterocycles. The zero-order chi connectivity index (χ0) is 18.3. The summed E-state index contributed by atoms with van der Waals surface area (Å²) in [7, 11) is 1.80. The first-order chi connectivity index (χ1) is 13.3. The summed E-state index contributed by atoms with van der Waals surface area (Å²) in [5.41, 5.74) is 5.10. The SMILES string of the molecule is COc1ccc2c(c1)[C@@]13CCCC[C@@H]1[C@@H](C2)N(CCc1ccccc1)CC3. The number of nitrogens with zero attached hydrogens (tertiary/aromatic N) is 1. The van der Waals surface area contributed by atoms with Crippen molar-refractivity contribution in [1.82, 2.24) is 4.90 Å². The van der Waals surface area contributed by atoms with E-state index in [0.29, 0.717) is 5.41 Å². The van der Waals surface area contributed by atoms with Gasteiger partial charge in [-0.2, -0.15) is 0 Å². The minimum absolute atomic E-state index is 0.411. The maximum Gasteiger partial charge on any atom is 0.119 e. The van der Waals surface area contributed by atoms with Crippen molar-refractivity contribution >= 4 is 0 Å². The van der Waals surface area contributed by atoms with Crippen molar-refractivity contribution in [1.29, 1.82) is 0 Å². The van der Waals surface area contributed by atoms with Gasteiger partial charge in [0.25, 0.3) is 0 Å². The number of rotatable bonds is 4. The van der Waals surface area contributed by atoms with Crippen LogP contribution < -0.4 is 4.74 Å². The molecule has 142 valence electrons. The van der Waals surface area contributed by atoms with E-state index in [9.17, 15) is 0 Å². The molecule has 2 nitrogen and oxygen atoms in total. The number of hydrogen-bond donors (Lipinski definition) is 0. The first kappa shape index (κ1) is 17.3. The molecule has 0 amide bonds. The van der Waals surface area contributed by atoms with E-state index < -0.39 is 0 Å². The van der Waals surface area contributed by atoms with Crippen LogP contribution in [0.15, 0.2) is 48.5 Å². The fourth-order valence-corrected chi connectivity index (χ4v) is 6.39. The Morgan fingerprint density at radius 3 is 2.81 bits per heavy atom. The van der Waals surface area contributed by atoms with Crippen LogP contribution in [0.3, 0.4) is 0 Å². The van der Waals surface area contributed by atoms with Gasteiger partial charge in [-0.3, -0.25) is 4.90 Å². The van der Waals surface area contributed by atoms with Gasteiger partial charge in [-0.05, 0) is 73.4 Å². The van der Waals surface area contributed by atoms with Crippen LogP contribution in [-0.4, -0.2) is 31.1 Å². The molecule has 2 fully saturated rings. The largest absolute Gasteiger partial charge is 0.497 e. The average molecular weight is 362 g/mol. The third kappa shape index (κ3) is 2.89. The number of hydrogen-bond acceptors (Lipinski definition) is 2. The Morgan fingerprint density at radius 1 is 1.07 bits per heavy atom. The van der Waals surface area contributed by atoms with Gasteiger partial charge in [-0.25, -0.2) is 0 Å². The molecule has 3 aliphatic rings. The fraction of sp³-hybridized carbons (Fsp3) is 0.520. The van der Waals surface area contributed by atoms with Crippen molar-refractivity contribution in [3.63, 3.8) is 0 Å². The Kier molecular flexibility index (Phi) is 4.47. The van der Waals surface area contributed by atoms with E-state index in [2.05, 4.69) is 53.4 Å². The Hall–Kier alpha value is -1.80. The molecule has 2 aromatic carbocycles. The second kappa shape index (κ2) is 6.98. The van der Waals surface area contributed by atoms with Crippen molar-refractivity contribution in [3.05, 3.63) is 65.2 Å². The highest BCUT2D eigenvalue weighted by Gasteiger charge is 2.53. The van der Waals surface area contributed by atoms with Gasteiger partial charge in [-0.1, -0.05) is 49.2 Å². The molecule has 0 radical (unpaired) electrons. The molecule has 2 bridgehead atoms. The number of fused-ring (bicyclic) bond motifs is 1. The van der Waals surface area contributed by atoms with E-state index in [-0.39, 0.29) is 0 Å². The van der Waals surface area contributed by atoms with Crippen molar-refractivity contribution < 1.29 is 4.74 Å². The quantitative estimate of drug-likeness (QED) is 0.760. The van der Waals surface area contributed by atoms with Crippen LogP contribution in [0.5, 0.6) is 5.75 Å². The second-order valence-electron chi connectivity index (χ2n) is 8.82. The van der Waals surface area contributed by atoms with Crippen LogP contribution in [0.2, 0.25) is 0 Å². The molecule has 3 atom stereocenters. The monoisotopic (exact) mass is 361 g/mol. The molecule has 0 N–H and O–H groups in total. The standard InChI is InChI=1S/C25H31NO/c1-27-21-11-10-20-17-24-22-9-5-6-13-25(22,23(20)18-21)14-16-26(24)15-12-19-7-3-2-4-8-19/h2-4,7-8,10-11,18,22,24H,5-6,9,12-17H2,1H3/t22-,24-,25-/m1/s1. The molecule has 1 saturated carbocycles. The predicted octanol–water partition coefficient (Wildman–Crippen LogP) is 5.00. The van der Waals surface area contributed by atoms with Crippen molar-refractivity contribution in [3.8, 4) is 5.75 Å². The average Bonchev–Trinajstić information content (AvgIpc) is 2.73. The van der Waals surface area contributed by atoms with Crippen LogP contribution in [0.4, 0.5) is 0 Å². The van der Waals surface area contributed by atoms with E-state index in [1.165, 1.54) is 63.6 Å². The van der Waals surface area contributed by atoms with Gasteiger partial charge in [0.15, 0.2) is 0 Å². The van der Waals surface area contributed by atoms with E-state index in [1.807, 2.05) is 0 Å². The molecule has 2 heteroatoms. The summed E-state index contributed by atoms with van der Waals surface area (Å²) in [5, 5.41) is 0. The summed E-state index contributed by atoms with van der Waals surface area (Å²) in [6.45, 7) is 2.46. The first-order valence-electron chi connectivity index (χ1n) is 10.8. The van der Waals surface area contributed by atoms with Crippen molar-refractivity contribution in [2.75, 3.05) is 20.2 Å². The van der Waals surface area contributed by atoms with Gasteiger partial charge in [0.05, 0.1) is 7.11 Å². The van der Waals surface area contributed by atoms with Crippen molar-refractivity contribution in [2.45, 2.75) is 56.4 Å². The highest BCUT2D eigenvalue weighted by atomic mass is 16.5. The Morgan fingerprint density at radius 2 is 1.96 bits per heavy atom. The van der Waals surface area contributed by atoms with Gasteiger partial charge in [0.2, 0.25) is 0 Å². The van der Waals surface area contributed by atoms with Crippen LogP contribution in [0, 0.1) is 5.92 Å². The van der Waals surface area contributed by atoms with E-state index in [1.54, 1.807) is 18.2 Å². The number of likely N-dealkylation sites (tertiary alicyclic amines) is 1. The van der Waals surface area contributed by atoms with E-state index >= 15 is 0 Å². The molecule has 2 aliphatic carbocycles. The minimum Gasteiger partial charge on any atom is -0.497 e. The molecular formula is C25H31NO. The maximum atomic E-state index is 5.59. The third-order valence-corrected chi connectivity index (χ3v) is 7.69. The molecule has 27 heavy (non-hydrogen) atoms. The van der Waals surface area contributed by atoms with Crippen LogP contribution in [0.1, 0.15) is 48.8 Å². The molecule has 1 aliphatic heterocycles.